The van der Waals surface area contributed by atoms with Crippen LogP contribution in [-0.4, -0.2) is 24.4 Å². The quantitative estimate of drug-likeness (QED) is 0.758. The van der Waals surface area contributed by atoms with Gasteiger partial charge in [0.05, 0.1) is 0 Å². The number of carbonyl (C=O) groups excluding carboxylic acids is 2. The van der Waals surface area contributed by atoms with Crippen LogP contribution >= 0.6 is 0 Å². The number of anilines is 1. The Labute approximate surface area is 160 Å². The number of rotatable bonds is 5. The van der Waals surface area contributed by atoms with Crippen molar-refractivity contribution in [3.8, 4) is 0 Å². The van der Waals surface area contributed by atoms with Crippen LogP contribution in [0.1, 0.15) is 52.0 Å². The van der Waals surface area contributed by atoms with Crippen molar-refractivity contribution in [3.05, 3.63) is 65.2 Å². The van der Waals surface area contributed by atoms with Gasteiger partial charge in [0.1, 0.15) is 0 Å². The summed E-state index contributed by atoms with van der Waals surface area (Å²) in [5.41, 5.74) is 8.55. The van der Waals surface area contributed by atoms with E-state index < -0.39 is 0 Å². The predicted octanol–water partition coefficient (Wildman–Crippen LogP) is 3.49. The van der Waals surface area contributed by atoms with Crippen LogP contribution in [0.25, 0.3) is 0 Å². The molecule has 2 amide bonds. The third-order valence-electron chi connectivity index (χ3n) is 5.31. The first-order valence-electron chi connectivity index (χ1n) is 9.56. The van der Waals surface area contributed by atoms with Crippen molar-refractivity contribution in [2.24, 2.45) is 11.7 Å². The molecule has 2 unspecified atom stereocenters. The van der Waals surface area contributed by atoms with Crippen molar-refractivity contribution in [3.63, 3.8) is 0 Å². The lowest BCUT2D eigenvalue weighted by atomic mass is 9.84. The van der Waals surface area contributed by atoms with Crippen LogP contribution in [0, 0.1) is 12.8 Å². The van der Waals surface area contributed by atoms with Crippen molar-refractivity contribution in [1.82, 2.24) is 5.32 Å². The smallest absolute Gasteiger partial charge is 0.255 e. The zero-order valence-electron chi connectivity index (χ0n) is 15.7. The SMILES string of the molecule is Cc1ccc(C(=O)NC2CCCCC2CN)cc1NC(=O)c1ccccc1. The van der Waals surface area contributed by atoms with E-state index in [2.05, 4.69) is 10.6 Å². The molecular formula is C22H27N3O2. The summed E-state index contributed by atoms with van der Waals surface area (Å²) in [6.07, 6.45) is 4.33. The standard InChI is InChI=1S/C22H27N3O2/c1-15-11-12-17(22(27)24-19-10-6-5-9-18(19)14-23)13-20(15)25-21(26)16-7-3-2-4-8-16/h2-4,7-8,11-13,18-19H,5-6,9-10,14,23H2,1H3,(H,24,27)(H,25,26). The molecule has 0 aliphatic heterocycles. The first kappa shape index (κ1) is 19.1. The number of hydrogen-bond donors (Lipinski definition) is 3. The Kier molecular flexibility index (Phi) is 6.24. The first-order chi connectivity index (χ1) is 13.1. The lowest BCUT2D eigenvalue weighted by Crippen LogP contribution is -2.44. The van der Waals surface area contributed by atoms with E-state index in [4.69, 9.17) is 5.73 Å². The molecule has 5 nitrogen and oxygen atoms in total. The number of hydrogen-bond acceptors (Lipinski definition) is 3. The molecule has 0 spiro atoms. The van der Waals surface area contributed by atoms with Crippen LogP contribution in [0.3, 0.4) is 0 Å². The minimum atomic E-state index is -0.188. The van der Waals surface area contributed by atoms with Gasteiger partial charge < -0.3 is 16.4 Å². The van der Waals surface area contributed by atoms with Gasteiger partial charge >= 0.3 is 0 Å². The van der Waals surface area contributed by atoms with E-state index in [9.17, 15) is 9.59 Å². The second-order valence-corrected chi connectivity index (χ2v) is 7.21. The molecule has 3 rings (SSSR count). The van der Waals surface area contributed by atoms with E-state index in [1.165, 1.54) is 6.42 Å². The minimum Gasteiger partial charge on any atom is -0.349 e. The van der Waals surface area contributed by atoms with Crippen LogP contribution in [0.5, 0.6) is 0 Å². The zero-order chi connectivity index (χ0) is 19.2. The van der Waals surface area contributed by atoms with E-state index in [1.807, 2.05) is 31.2 Å². The Hall–Kier alpha value is -2.66. The second kappa shape index (κ2) is 8.82. The fraction of sp³-hybridized carbons (Fsp3) is 0.364. The first-order valence-corrected chi connectivity index (χ1v) is 9.56. The minimum absolute atomic E-state index is 0.115. The van der Waals surface area contributed by atoms with Crippen LogP contribution in [0.2, 0.25) is 0 Å². The van der Waals surface area contributed by atoms with E-state index in [0.717, 1.165) is 24.8 Å². The summed E-state index contributed by atoms with van der Waals surface area (Å²) in [6, 6.07) is 14.6. The Morgan fingerprint density at radius 2 is 1.74 bits per heavy atom. The number of carbonyl (C=O) groups is 2. The summed E-state index contributed by atoms with van der Waals surface area (Å²) in [5.74, 6) is 0.0349. The summed E-state index contributed by atoms with van der Waals surface area (Å²) >= 11 is 0. The van der Waals surface area contributed by atoms with Gasteiger partial charge in [-0.1, -0.05) is 37.1 Å². The molecule has 0 aromatic heterocycles. The molecule has 1 aliphatic carbocycles. The van der Waals surface area contributed by atoms with Crippen LogP contribution in [0.15, 0.2) is 48.5 Å². The molecule has 1 aliphatic rings. The highest BCUT2D eigenvalue weighted by molar-refractivity contribution is 6.05. The van der Waals surface area contributed by atoms with Crippen molar-refractivity contribution in [2.75, 3.05) is 11.9 Å². The molecule has 0 bridgehead atoms. The zero-order valence-corrected chi connectivity index (χ0v) is 15.7. The maximum absolute atomic E-state index is 12.7. The average Bonchev–Trinajstić information content (AvgIpc) is 2.70. The van der Waals surface area contributed by atoms with Gasteiger partial charge in [-0.15, -0.1) is 0 Å². The number of nitrogens with two attached hydrogens (primary N) is 1. The van der Waals surface area contributed by atoms with E-state index in [1.54, 1.807) is 24.3 Å². The molecule has 2 aromatic carbocycles. The third kappa shape index (κ3) is 4.74. The summed E-state index contributed by atoms with van der Waals surface area (Å²) in [4.78, 5) is 25.1. The van der Waals surface area contributed by atoms with Crippen molar-refractivity contribution >= 4 is 17.5 Å². The van der Waals surface area contributed by atoms with E-state index in [-0.39, 0.29) is 17.9 Å². The van der Waals surface area contributed by atoms with Crippen LogP contribution < -0.4 is 16.4 Å². The molecule has 2 aromatic rings. The second-order valence-electron chi connectivity index (χ2n) is 7.21. The Bertz CT molecular complexity index is 804. The maximum Gasteiger partial charge on any atom is 0.255 e. The topological polar surface area (TPSA) is 84.2 Å². The number of nitrogens with one attached hydrogen (secondary N) is 2. The summed E-state index contributed by atoms with van der Waals surface area (Å²) in [7, 11) is 0. The van der Waals surface area contributed by atoms with Crippen molar-refractivity contribution < 1.29 is 9.59 Å². The molecular weight excluding hydrogens is 338 g/mol. The molecule has 1 saturated carbocycles. The summed E-state index contributed by atoms with van der Waals surface area (Å²) < 4.78 is 0. The maximum atomic E-state index is 12.7. The molecule has 0 saturated heterocycles. The fourth-order valence-corrected chi connectivity index (χ4v) is 3.61. The normalized spacial score (nSPS) is 19.3. The highest BCUT2D eigenvalue weighted by Crippen LogP contribution is 2.24. The Morgan fingerprint density at radius 3 is 2.48 bits per heavy atom. The van der Waals surface area contributed by atoms with Gasteiger partial charge in [-0.25, -0.2) is 0 Å². The fourth-order valence-electron chi connectivity index (χ4n) is 3.61. The summed E-state index contributed by atoms with van der Waals surface area (Å²) in [6.45, 7) is 2.51. The highest BCUT2D eigenvalue weighted by atomic mass is 16.2. The monoisotopic (exact) mass is 365 g/mol. The van der Waals surface area contributed by atoms with Gasteiger partial charge in [-0.3, -0.25) is 9.59 Å². The van der Waals surface area contributed by atoms with Crippen LogP contribution in [-0.2, 0) is 0 Å². The average molecular weight is 365 g/mol. The molecule has 2 atom stereocenters. The predicted molar refractivity (Wildman–Crippen MR) is 108 cm³/mol. The van der Waals surface area contributed by atoms with Crippen molar-refractivity contribution in [1.29, 1.82) is 0 Å². The van der Waals surface area contributed by atoms with Gasteiger partial charge in [0.2, 0.25) is 0 Å². The van der Waals surface area contributed by atoms with Crippen LogP contribution in [0.4, 0.5) is 5.69 Å². The highest BCUT2D eigenvalue weighted by Gasteiger charge is 2.25. The van der Waals surface area contributed by atoms with E-state index >= 15 is 0 Å². The lowest BCUT2D eigenvalue weighted by molar-refractivity contribution is 0.0907. The number of amides is 2. The van der Waals surface area contributed by atoms with Gasteiger partial charge in [0.15, 0.2) is 0 Å². The van der Waals surface area contributed by atoms with Gasteiger partial charge in [0.25, 0.3) is 11.8 Å². The van der Waals surface area contributed by atoms with Gasteiger partial charge in [-0.2, -0.15) is 0 Å². The van der Waals surface area contributed by atoms with Gasteiger partial charge in [-0.05, 0) is 62.1 Å². The Morgan fingerprint density at radius 1 is 1.00 bits per heavy atom. The molecule has 0 radical (unpaired) electrons. The molecule has 1 fully saturated rings. The van der Waals surface area contributed by atoms with Crippen molar-refractivity contribution in [2.45, 2.75) is 38.6 Å². The largest absolute Gasteiger partial charge is 0.349 e. The molecule has 5 heteroatoms. The third-order valence-corrected chi connectivity index (χ3v) is 5.31. The molecule has 0 heterocycles. The number of benzene rings is 2. The summed E-state index contributed by atoms with van der Waals surface area (Å²) in [5, 5.41) is 6.04. The molecule has 142 valence electrons. The number of aryl methyl sites for hydroxylation is 1. The molecule has 4 N–H and O–H groups in total. The lowest BCUT2D eigenvalue weighted by Gasteiger charge is -2.31. The Balaban J connectivity index is 1.72. The van der Waals surface area contributed by atoms with Gasteiger partial charge in [0, 0.05) is 22.9 Å². The molecule has 27 heavy (non-hydrogen) atoms. The van der Waals surface area contributed by atoms with E-state index in [0.29, 0.717) is 29.3 Å².